The van der Waals surface area contributed by atoms with Gasteiger partial charge in [-0.25, -0.2) is 4.98 Å². The highest BCUT2D eigenvalue weighted by atomic mass is 32.1. The first-order valence-corrected chi connectivity index (χ1v) is 7.68. The molecule has 0 bridgehead atoms. The molecule has 3 rings (SSSR count). The lowest BCUT2D eigenvalue weighted by Gasteiger charge is -2.04. The van der Waals surface area contributed by atoms with Crippen molar-refractivity contribution in [2.75, 3.05) is 7.05 Å². The highest BCUT2D eigenvalue weighted by molar-refractivity contribution is 7.22. The number of thiophene rings is 1. The molecule has 5 nitrogen and oxygen atoms in total. The first-order valence-electron chi connectivity index (χ1n) is 6.86. The average molecular weight is 313 g/mol. The zero-order valence-corrected chi connectivity index (χ0v) is 13.1. The van der Waals surface area contributed by atoms with Crippen LogP contribution in [0.2, 0.25) is 0 Å². The maximum Gasteiger partial charge on any atom is 0.262 e. The van der Waals surface area contributed by atoms with E-state index in [0.717, 1.165) is 16.0 Å². The number of hydrogen-bond donors (Lipinski definition) is 1. The largest absolute Gasteiger partial charge is 0.358 e. The predicted molar refractivity (Wildman–Crippen MR) is 88.1 cm³/mol. The monoisotopic (exact) mass is 313 g/mol. The van der Waals surface area contributed by atoms with Gasteiger partial charge in [-0.3, -0.25) is 14.2 Å². The van der Waals surface area contributed by atoms with Gasteiger partial charge < -0.3 is 5.32 Å². The van der Waals surface area contributed by atoms with Crippen LogP contribution in [0.4, 0.5) is 0 Å². The molecule has 0 aliphatic carbocycles. The Morgan fingerprint density at radius 3 is 2.73 bits per heavy atom. The Morgan fingerprint density at radius 2 is 2.05 bits per heavy atom. The number of amides is 1. The first-order chi connectivity index (χ1) is 10.6. The molecule has 1 aromatic carbocycles. The number of carbonyl (C=O) groups is 1. The molecule has 2 aromatic heterocycles. The van der Waals surface area contributed by atoms with Crippen LogP contribution in [0.1, 0.15) is 5.56 Å². The number of nitrogens with zero attached hydrogens (tertiary/aromatic N) is 2. The van der Waals surface area contributed by atoms with Crippen molar-refractivity contribution in [2.24, 2.45) is 0 Å². The van der Waals surface area contributed by atoms with Gasteiger partial charge in [0, 0.05) is 11.9 Å². The fourth-order valence-electron chi connectivity index (χ4n) is 2.37. The molecule has 0 unspecified atom stereocenters. The van der Waals surface area contributed by atoms with Gasteiger partial charge in [0.15, 0.2) is 0 Å². The molecule has 1 amide bonds. The Labute approximate surface area is 131 Å². The molecule has 1 N–H and O–H groups in total. The summed E-state index contributed by atoms with van der Waals surface area (Å²) in [5, 5.41) is 3.10. The van der Waals surface area contributed by atoms with Crippen molar-refractivity contribution in [3.05, 3.63) is 52.6 Å². The van der Waals surface area contributed by atoms with Gasteiger partial charge >= 0.3 is 0 Å². The molecule has 112 valence electrons. The normalized spacial score (nSPS) is 10.8. The number of aromatic nitrogens is 2. The summed E-state index contributed by atoms with van der Waals surface area (Å²) in [7, 11) is 1.54. The summed E-state index contributed by atoms with van der Waals surface area (Å²) in [6.45, 7) is 1.91. The minimum atomic E-state index is -0.223. The maximum atomic E-state index is 12.6. The smallest absolute Gasteiger partial charge is 0.262 e. The Balaban J connectivity index is 2.17. The Morgan fingerprint density at radius 1 is 1.32 bits per heavy atom. The van der Waals surface area contributed by atoms with Crippen LogP contribution in [0.3, 0.4) is 0 Å². The molecule has 2 heterocycles. The summed E-state index contributed by atoms with van der Waals surface area (Å²) in [6.07, 6.45) is 1.44. The van der Waals surface area contributed by atoms with Crippen molar-refractivity contribution < 1.29 is 4.79 Å². The minimum Gasteiger partial charge on any atom is -0.358 e. The molecule has 0 saturated carbocycles. The van der Waals surface area contributed by atoms with E-state index in [9.17, 15) is 9.59 Å². The van der Waals surface area contributed by atoms with E-state index in [1.165, 1.54) is 22.2 Å². The third kappa shape index (κ3) is 2.42. The number of nitrogens with one attached hydrogen (secondary N) is 1. The average Bonchev–Trinajstić information content (AvgIpc) is 2.88. The summed E-state index contributed by atoms with van der Waals surface area (Å²) in [6, 6.07) is 9.93. The van der Waals surface area contributed by atoms with E-state index in [1.807, 2.05) is 37.3 Å². The fraction of sp³-hybridized carbons (Fsp3) is 0.188. The zero-order valence-electron chi connectivity index (χ0n) is 12.3. The lowest BCUT2D eigenvalue weighted by molar-refractivity contribution is -0.121. The molecule has 22 heavy (non-hydrogen) atoms. The quantitative estimate of drug-likeness (QED) is 0.806. The van der Waals surface area contributed by atoms with E-state index >= 15 is 0 Å². The van der Waals surface area contributed by atoms with E-state index in [2.05, 4.69) is 10.3 Å². The predicted octanol–water partition coefficient (Wildman–Crippen LogP) is 2.18. The van der Waals surface area contributed by atoms with Gasteiger partial charge in [0.2, 0.25) is 5.91 Å². The summed E-state index contributed by atoms with van der Waals surface area (Å²) in [4.78, 5) is 30.2. The van der Waals surface area contributed by atoms with Gasteiger partial charge in [-0.05, 0) is 18.1 Å². The maximum absolute atomic E-state index is 12.6. The molecule has 3 aromatic rings. The number of benzene rings is 1. The summed E-state index contributed by atoms with van der Waals surface area (Å²) >= 11 is 1.50. The summed E-state index contributed by atoms with van der Waals surface area (Å²) < 4.78 is 1.34. The SMILES string of the molecule is CNC(=O)Cn1cnc2sc(-c3ccccc3)c(C)c2c1=O. The Kier molecular flexibility index (Phi) is 3.77. The second kappa shape index (κ2) is 5.73. The van der Waals surface area contributed by atoms with Crippen LogP contribution in [0, 0.1) is 6.92 Å². The van der Waals surface area contributed by atoms with Crippen LogP contribution in [0.5, 0.6) is 0 Å². The van der Waals surface area contributed by atoms with Gasteiger partial charge in [0.1, 0.15) is 11.4 Å². The van der Waals surface area contributed by atoms with Crippen molar-refractivity contribution in [3.63, 3.8) is 0 Å². The summed E-state index contributed by atoms with van der Waals surface area (Å²) in [5.74, 6) is -0.223. The zero-order chi connectivity index (χ0) is 15.7. The lowest BCUT2D eigenvalue weighted by Crippen LogP contribution is -2.30. The third-order valence-corrected chi connectivity index (χ3v) is 4.79. The highest BCUT2D eigenvalue weighted by Crippen LogP contribution is 2.35. The third-order valence-electron chi connectivity index (χ3n) is 3.55. The minimum absolute atomic E-state index is 0.0196. The Hall–Kier alpha value is -2.47. The molecule has 0 aliphatic heterocycles. The molecule has 0 radical (unpaired) electrons. The number of rotatable bonds is 3. The number of hydrogen-bond acceptors (Lipinski definition) is 4. The van der Waals surface area contributed by atoms with Crippen LogP contribution in [-0.4, -0.2) is 22.5 Å². The van der Waals surface area contributed by atoms with Gasteiger partial charge in [-0.15, -0.1) is 11.3 Å². The standard InChI is InChI=1S/C16H15N3O2S/c1-10-13-15(22-14(10)11-6-4-3-5-7-11)18-9-19(16(13)21)8-12(20)17-2/h3-7,9H,8H2,1-2H3,(H,17,20). The van der Waals surface area contributed by atoms with E-state index in [4.69, 9.17) is 0 Å². The Bertz CT molecular complexity index is 897. The molecular formula is C16H15N3O2S. The van der Waals surface area contributed by atoms with Gasteiger partial charge in [0.25, 0.3) is 5.56 Å². The molecule has 0 saturated heterocycles. The first kappa shape index (κ1) is 14.5. The van der Waals surface area contributed by atoms with Crippen molar-refractivity contribution in [1.29, 1.82) is 0 Å². The van der Waals surface area contributed by atoms with Crippen LogP contribution in [0.15, 0.2) is 41.5 Å². The second-order valence-corrected chi connectivity index (χ2v) is 5.95. The van der Waals surface area contributed by atoms with Gasteiger partial charge in [-0.1, -0.05) is 30.3 Å². The van der Waals surface area contributed by atoms with E-state index in [0.29, 0.717) is 10.2 Å². The van der Waals surface area contributed by atoms with Crippen LogP contribution >= 0.6 is 11.3 Å². The number of fused-ring (bicyclic) bond motifs is 1. The van der Waals surface area contributed by atoms with E-state index in [1.54, 1.807) is 7.05 Å². The molecule has 0 atom stereocenters. The molecular weight excluding hydrogens is 298 g/mol. The van der Waals surface area contributed by atoms with Gasteiger partial charge in [0.05, 0.1) is 11.7 Å². The molecule has 6 heteroatoms. The molecule has 0 spiro atoms. The summed E-state index contributed by atoms with van der Waals surface area (Å²) in [5.41, 5.74) is 1.81. The van der Waals surface area contributed by atoms with Crippen LogP contribution in [-0.2, 0) is 11.3 Å². The number of likely N-dealkylation sites (N-methyl/N-ethyl adjacent to an activating group) is 1. The van der Waals surface area contributed by atoms with Crippen molar-refractivity contribution >= 4 is 27.5 Å². The number of carbonyl (C=O) groups excluding carboxylic acids is 1. The fourth-order valence-corrected chi connectivity index (χ4v) is 3.52. The number of aryl methyl sites for hydroxylation is 1. The van der Waals surface area contributed by atoms with Crippen molar-refractivity contribution in [2.45, 2.75) is 13.5 Å². The van der Waals surface area contributed by atoms with E-state index in [-0.39, 0.29) is 18.0 Å². The van der Waals surface area contributed by atoms with Crippen molar-refractivity contribution in [3.8, 4) is 10.4 Å². The van der Waals surface area contributed by atoms with Crippen LogP contribution in [0.25, 0.3) is 20.7 Å². The lowest BCUT2D eigenvalue weighted by atomic mass is 10.1. The highest BCUT2D eigenvalue weighted by Gasteiger charge is 2.16. The van der Waals surface area contributed by atoms with Crippen molar-refractivity contribution in [1.82, 2.24) is 14.9 Å². The van der Waals surface area contributed by atoms with Crippen LogP contribution < -0.4 is 10.9 Å². The van der Waals surface area contributed by atoms with E-state index < -0.39 is 0 Å². The van der Waals surface area contributed by atoms with Gasteiger partial charge in [-0.2, -0.15) is 0 Å². The molecule has 0 aliphatic rings. The second-order valence-electron chi connectivity index (χ2n) is 4.95. The topological polar surface area (TPSA) is 64.0 Å². The molecule has 0 fully saturated rings.